The highest BCUT2D eigenvalue weighted by atomic mass is 35.6. The topological polar surface area (TPSA) is 0 Å². The van der Waals surface area contributed by atoms with E-state index >= 15 is 0 Å². The van der Waals surface area contributed by atoms with Crippen molar-refractivity contribution in [2.75, 3.05) is 0 Å². The van der Waals surface area contributed by atoms with Crippen molar-refractivity contribution in [3.63, 3.8) is 0 Å². The van der Waals surface area contributed by atoms with Crippen LogP contribution < -0.4 is 0 Å². The lowest BCUT2D eigenvalue weighted by Crippen LogP contribution is -2.17. The molecule has 0 saturated heterocycles. The zero-order valence-electron chi connectivity index (χ0n) is 8.44. The summed E-state index contributed by atoms with van der Waals surface area (Å²) >= 11 is 17.7. The fourth-order valence-electron chi connectivity index (χ4n) is 1.38. The van der Waals surface area contributed by atoms with Gasteiger partial charge in [-0.25, -0.2) is 0 Å². The summed E-state index contributed by atoms with van der Waals surface area (Å²) in [5.74, 6) is 0. The number of alkyl halides is 3. The third-order valence-electron chi connectivity index (χ3n) is 2.04. The monoisotopic (exact) mass is 250 g/mol. The van der Waals surface area contributed by atoms with Gasteiger partial charge < -0.3 is 0 Å². The van der Waals surface area contributed by atoms with E-state index in [1.165, 1.54) is 0 Å². The first-order valence-electron chi connectivity index (χ1n) is 4.39. The molecule has 1 rings (SSSR count). The van der Waals surface area contributed by atoms with Crippen LogP contribution >= 0.6 is 34.8 Å². The average Bonchev–Trinajstić information content (AvgIpc) is 2.01. The van der Waals surface area contributed by atoms with E-state index in [4.69, 9.17) is 34.8 Å². The Morgan fingerprint density at radius 3 is 1.57 bits per heavy atom. The van der Waals surface area contributed by atoms with Crippen LogP contribution in [-0.4, -0.2) is 0 Å². The van der Waals surface area contributed by atoms with E-state index in [0.717, 1.165) is 11.1 Å². The molecule has 0 aliphatic rings. The number of benzene rings is 1. The van der Waals surface area contributed by atoms with E-state index in [-0.39, 0.29) is 5.41 Å². The number of halogens is 3. The van der Waals surface area contributed by atoms with Gasteiger partial charge in [0.1, 0.15) is 0 Å². The molecular weight excluding hydrogens is 238 g/mol. The molecule has 0 bridgehead atoms. The molecule has 0 atom stereocenters. The molecule has 0 radical (unpaired) electrons. The molecule has 0 aliphatic carbocycles. The summed E-state index contributed by atoms with van der Waals surface area (Å²) in [6.07, 6.45) is 0. The molecule has 78 valence electrons. The van der Waals surface area contributed by atoms with Gasteiger partial charge in [-0.05, 0) is 11.0 Å². The van der Waals surface area contributed by atoms with E-state index < -0.39 is 3.79 Å². The van der Waals surface area contributed by atoms with Crippen LogP contribution in [0, 0.1) is 0 Å². The summed E-state index contributed by atoms with van der Waals surface area (Å²) < 4.78 is -1.34. The Morgan fingerprint density at radius 1 is 0.857 bits per heavy atom. The van der Waals surface area contributed by atoms with Crippen LogP contribution in [0.4, 0.5) is 0 Å². The first kappa shape index (κ1) is 12.2. The second-order valence-electron chi connectivity index (χ2n) is 4.29. The normalized spacial score (nSPS) is 13.0. The third-order valence-corrected chi connectivity index (χ3v) is 2.65. The zero-order chi connectivity index (χ0) is 11.0. The van der Waals surface area contributed by atoms with Crippen molar-refractivity contribution in [2.45, 2.75) is 30.0 Å². The summed E-state index contributed by atoms with van der Waals surface area (Å²) in [7, 11) is 0. The lowest BCUT2D eigenvalue weighted by molar-refractivity contribution is 0.583. The quantitative estimate of drug-likeness (QED) is 0.581. The number of rotatable bonds is 0. The maximum Gasteiger partial charge on any atom is 0.216 e. The van der Waals surface area contributed by atoms with Crippen LogP contribution in [0.1, 0.15) is 31.9 Å². The highest BCUT2D eigenvalue weighted by Gasteiger charge is 2.29. The van der Waals surface area contributed by atoms with Gasteiger partial charge >= 0.3 is 0 Å². The average molecular weight is 252 g/mol. The molecule has 0 spiro atoms. The van der Waals surface area contributed by atoms with Gasteiger partial charge in [0.2, 0.25) is 3.79 Å². The predicted molar refractivity (Wildman–Crippen MR) is 64.4 cm³/mol. The van der Waals surface area contributed by atoms with Gasteiger partial charge in [0.05, 0.1) is 0 Å². The fraction of sp³-hybridized carbons (Fsp3) is 0.455. The molecule has 1 aromatic carbocycles. The van der Waals surface area contributed by atoms with Crippen molar-refractivity contribution in [1.29, 1.82) is 0 Å². The van der Waals surface area contributed by atoms with E-state index in [9.17, 15) is 0 Å². The standard InChI is InChI=1S/C11H13Cl3/c1-10(2,3)8-6-4-5-7-9(8)11(12,13)14/h4-7H,1-3H3. The largest absolute Gasteiger partial charge is 0.216 e. The molecule has 0 N–H and O–H groups in total. The maximum atomic E-state index is 5.90. The Balaban J connectivity index is 3.31. The summed E-state index contributed by atoms with van der Waals surface area (Å²) in [5, 5.41) is 0. The summed E-state index contributed by atoms with van der Waals surface area (Å²) in [5.41, 5.74) is 1.82. The minimum absolute atomic E-state index is 0.0134. The van der Waals surface area contributed by atoms with Crippen molar-refractivity contribution < 1.29 is 0 Å². The second kappa shape index (κ2) is 3.92. The Bertz CT molecular complexity index is 285. The Labute approximate surface area is 100 Å². The zero-order valence-corrected chi connectivity index (χ0v) is 10.7. The molecule has 1 aromatic rings. The minimum Gasteiger partial charge on any atom is -0.0784 e. The van der Waals surface area contributed by atoms with Gasteiger partial charge in [-0.2, -0.15) is 0 Å². The van der Waals surface area contributed by atoms with Crippen LogP contribution in [0.3, 0.4) is 0 Å². The van der Waals surface area contributed by atoms with Crippen LogP contribution in [0.5, 0.6) is 0 Å². The fourth-order valence-corrected chi connectivity index (χ4v) is 1.88. The SMILES string of the molecule is CC(C)(C)c1ccccc1C(Cl)(Cl)Cl. The van der Waals surface area contributed by atoms with Crippen LogP contribution in [0.2, 0.25) is 0 Å². The van der Waals surface area contributed by atoms with Crippen molar-refractivity contribution in [3.8, 4) is 0 Å². The van der Waals surface area contributed by atoms with E-state index in [2.05, 4.69) is 20.8 Å². The lowest BCUT2D eigenvalue weighted by atomic mass is 9.84. The molecule has 0 saturated carbocycles. The first-order valence-corrected chi connectivity index (χ1v) is 5.53. The molecule has 0 aliphatic heterocycles. The second-order valence-corrected chi connectivity index (χ2v) is 6.57. The maximum absolute atomic E-state index is 5.90. The minimum atomic E-state index is -1.34. The lowest BCUT2D eigenvalue weighted by Gasteiger charge is -2.25. The molecule has 14 heavy (non-hydrogen) atoms. The Morgan fingerprint density at radius 2 is 1.29 bits per heavy atom. The molecule has 0 nitrogen and oxygen atoms in total. The highest BCUT2D eigenvalue weighted by Crippen LogP contribution is 2.42. The molecule has 0 aromatic heterocycles. The van der Waals surface area contributed by atoms with Crippen molar-refractivity contribution in [2.24, 2.45) is 0 Å². The molecule has 0 amide bonds. The first-order chi connectivity index (χ1) is 6.23. The van der Waals surface area contributed by atoms with Crippen molar-refractivity contribution in [1.82, 2.24) is 0 Å². The number of hydrogen-bond acceptors (Lipinski definition) is 0. The summed E-state index contributed by atoms with van der Waals surface area (Å²) in [4.78, 5) is 0. The van der Waals surface area contributed by atoms with Gasteiger partial charge in [-0.1, -0.05) is 79.8 Å². The smallest absolute Gasteiger partial charge is 0.0784 e. The van der Waals surface area contributed by atoms with Gasteiger partial charge in [-0.15, -0.1) is 0 Å². The van der Waals surface area contributed by atoms with Gasteiger partial charge in [0.15, 0.2) is 0 Å². The van der Waals surface area contributed by atoms with E-state index in [1.54, 1.807) is 0 Å². The molecular formula is C11H13Cl3. The van der Waals surface area contributed by atoms with Crippen molar-refractivity contribution >= 4 is 34.8 Å². The van der Waals surface area contributed by atoms with Gasteiger partial charge in [0, 0.05) is 5.56 Å². The van der Waals surface area contributed by atoms with Crippen LogP contribution in [0.25, 0.3) is 0 Å². The molecule has 0 heterocycles. The van der Waals surface area contributed by atoms with Crippen molar-refractivity contribution in [3.05, 3.63) is 35.4 Å². The number of hydrogen-bond donors (Lipinski definition) is 0. The summed E-state index contributed by atoms with van der Waals surface area (Å²) in [6.45, 7) is 6.30. The van der Waals surface area contributed by atoms with E-state index in [0.29, 0.717) is 0 Å². The highest BCUT2D eigenvalue weighted by molar-refractivity contribution is 6.66. The Hall–Kier alpha value is 0.0900. The summed E-state index contributed by atoms with van der Waals surface area (Å²) in [6, 6.07) is 7.69. The van der Waals surface area contributed by atoms with Gasteiger partial charge in [0.25, 0.3) is 0 Å². The molecule has 0 fully saturated rings. The van der Waals surface area contributed by atoms with Crippen LogP contribution in [-0.2, 0) is 9.21 Å². The molecule has 0 unspecified atom stereocenters. The third kappa shape index (κ3) is 2.79. The molecule has 3 heteroatoms. The van der Waals surface area contributed by atoms with E-state index in [1.807, 2.05) is 24.3 Å². The predicted octanol–water partition coefficient (Wildman–Crippen LogP) is 4.81. The van der Waals surface area contributed by atoms with Gasteiger partial charge in [-0.3, -0.25) is 0 Å². The Kier molecular flexibility index (Phi) is 3.41. The van der Waals surface area contributed by atoms with Crippen LogP contribution in [0.15, 0.2) is 24.3 Å².